The Kier molecular flexibility index (Phi) is 8.34. The van der Waals surface area contributed by atoms with E-state index in [1.807, 2.05) is 45.0 Å². The quantitative estimate of drug-likeness (QED) is 0.667. The monoisotopic (exact) mass is 420 g/mol. The van der Waals surface area contributed by atoms with Crippen molar-refractivity contribution in [1.82, 2.24) is 10.2 Å². The fourth-order valence-corrected chi connectivity index (χ4v) is 3.43. The summed E-state index contributed by atoms with van der Waals surface area (Å²) in [5.74, 6) is -0.263. The van der Waals surface area contributed by atoms with E-state index in [0.717, 1.165) is 16.7 Å². The lowest BCUT2D eigenvalue weighted by Gasteiger charge is -2.31. The van der Waals surface area contributed by atoms with E-state index in [-0.39, 0.29) is 18.2 Å². The van der Waals surface area contributed by atoms with E-state index in [4.69, 9.17) is 23.2 Å². The fraction of sp³-hybridized carbons (Fsp3) is 0.364. The van der Waals surface area contributed by atoms with E-state index in [1.165, 1.54) is 0 Å². The topological polar surface area (TPSA) is 49.4 Å². The maximum Gasteiger partial charge on any atom is 0.242 e. The van der Waals surface area contributed by atoms with Crippen LogP contribution in [0.25, 0.3) is 0 Å². The third-order valence-electron chi connectivity index (χ3n) is 4.68. The average Bonchev–Trinajstić information content (AvgIpc) is 2.66. The Morgan fingerprint density at radius 2 is 1.79 bits per heavy atom. The first-order valence-electron chi connectivity index (χ1n) is 9.42. The van der Waals surface area contributed by atoms with Crippen LogP contribution >= 0.6 is 23.2 Å². The van der Waals surface area contributed by atoms with Gasteiger partial charge in [0, 0.05) is 13.1 Å². The molecule has 0 fully saturated rings. The summed E-state index contributed by atoms with van der Waals surface area (Å²) in [6.45, 7) is 6.69. The predicted molar refractivity (Wildman–Crippen MR) is 115 cm³/mol. The largest absolute Gasteiger partial charge is 0.355 e. The molecular weight excluding hydrogens is 395 g/mol. The highest BCUT2D eigenvalue weighted by atomic mass is 35.5. The SMILES string of the molecule is CCNC(=O)[C@H](CC)N(Cc1ccccc1C)C(=O)Cc1ccc(Cl)c(Cl)c1. The number of nitrogens with one attached hydrogen (secondary N) is 1. The molecule has 150 valence electrons. The van der Waals surface area contributed by atoms with Crippen molar-refractivity contribution in [3.05, 3.63) is 69.2 Å². The molecular formula is C22H26Cl2N2O2. The van der Waals surface area contributed by atoms with Crippen LogP contribution in [-0.4, -0.2) is 29.3 Å². The van der Waals surface area contributed by atoms with Crippen LogP contribution in [0.1, 0.15) is 37.0 Å². The molecule has 2 aromatic rings. The molecule has 2 rings (SSSR count). The van der Waals surface area contributed by atoms with Gasteiger partial charge in [-0.3, -0.25) is 9.59 Å². The number of amides is 2. The minimum Gasteiger partial charge on any atom is -0.355 e. The molecule has 0 heterocycles. The Labute approximate surface area is 176 Å². The highest BCUT2D eigenvalue weighted by molar-refractivity contribution is 6.42. The van der Waals surface area contributed by atoms with Gasteiger partial charge in [0.15, 0.2) is 0 Å². The van der Waals surface area contributed by atoms with Crippen molar-refractivity contribution in [1.29, 1.82) is 0 Å². The number of aryl methyl sites for hydroxylation is 1. The number of likely N-dealkylation sites (N-methyl/N-ethyl adjacent to an activating group) is 1. The number of benzene rings is 2. The van der Waals surface area contributed by atoms with Crippen LogP contribution < -0.4 is 5.32 Å². The molecule has 6 heteroatoms. The molecule has 0 aromatic heterocycles. The van der Waals surface area contributed by atoms with E-state index in [0.29, 0.717) is 29.6 Å². The highest BCUT2D eigenvalue weighted by Gasteiger charge is 2.28. The second-order valence-corrected chi connectivity index (χ2v) is 7.51. The summed E-state index contributed by atoms with van der Waals surface area (Å²) < 4.78 is 0. The number of hydrogen-bond acceptors (Lipinski definition) is 2. The van der Waals surface area contributed by atoms with Crippen molar-refractivity contribution in [2.24, 2.45) is 0 Å². The molecule has 1 N–H and O–H groups in total. The van der Waals surface area contributed by atoms with Gasteiger partial charge >= 0.3 is 0 Å². The van der Waals surface area contributed by atoms with E-state index in [1.54, 1.807) is 23.1 Å². The number of carbonyl (C=O) groups excluding carboxylic acids is 2. The summed E-state index contributed by atoms with van der Waals surface area (Å²) in [4.78, 5) is 27.5. The lowest BCUT2D eigenvalue weighted by Crippen LogP contribution is -2.49. The first-order chi connectivity index (χ1) is 13.4. The molecule has 0 saturated carbocycles. The lowest BCUT2D eigenvalue weighted by molar-refractivity contribution is -0.140. The first kappa shape index (κ1) is 22.3. The molecule has 2 aromatic carbocycles. The van der Waals surface area contributed by atoms with E-state index in [2.05, 4.69) is 5.32 Å². The molecule has 0 aliphatic heterocycles. The summed E-state index contributed by atoms with van der Waals surface area (Å²) in [6.07, 6.45) is 0.684. The van der Waals surface area contributed by atoms with Crippen molar-refractivity contribution in [3.63, 3.8) is 0 Å². The van der Waals surface area contributed by atoms with Crippen LogP contribution in [0.4, 0.5) is 0 Å². The van der Waals surface area contributed by atoms with Gasteiger partial charge in [0.25, 0.3) is 0 Å². The maximum atomic E-state index is 13.2. The molecule has 1 atom stereocenters. The number of hydrogen-bond donors (Lipinski definition) is 1. The molecule has 4 nitrogen and oxygen atoms in total. The first-order valence-corrected chi connectivity index (χ1v) is 10.2. The van der Waals surface area contributed by atoms with Crippen LogP contribution in [0.2, 0.25) is 10.0 Å². The van der Waals surface area contributed by atoms with Crippen molar-refractivity contribution >= 4 is 35.0 Å². The minimum absolute atomic E-state index is 0.125. The van der Waals surface area contributed by atoms with Gasteiger partial charge < -0.3 is 10.2 Å². The summed E-state index contributed by atoms with van der Waals surface area (Å²) >= 11 is 12.1. The minimum atomic E-state index is -0.533. The van der Waals surface area contributed by atoms with Gasteiger partial charge in [0.05, 0.1) is 16.5 Å². The molecule has 0 aliphatic rings. The average molecular weight is 421 g/mol. The summed E-state index contributed by atoms with van der Waals surface area (Å²) in [7, 11) is 0. The van der Waals surface area contributed by atoms with Crippen molar-refractivity contribution in [2.75, 3.05) is 6.54 Å². The van der Waals surface area contributed by atoms with Gasteiger partial charge in [0.2, 0.25) is 11.8 Å². The van der Waals surface area contributed by atoms with Crippen molar-refractivity contribution < 1.29 is 9.59 Å². The maximum absolute atomic E-state index is 13.2. The van der Waals surface area contributed by atoms with Crippen molar-refractivity contribution in [2.45, 2.75) is 46.2 Å². The third-order valence-corrected chi connectivity index (χ3v) is 5.42. The highest BCUT2D eigenvalue weighted by Crippen LogP contribution is 2.24. The Hall–Kier alpha value is -2.04. The third kappa shape index (κ3) is 5.73. The molecule has 0 aliphatic carbocycles. The molecule has 0 bridgehead atoms. The summed E-state index contributed by atoms with van der Waals surface area (Å²) in [6, 6.07) is 12.5. The van der Waals surface area contributed by atoms with Gasteiger partial charge in [-0.05, 0) is 49.1 Å². The molecule has 2 amide bonds. The number of carbonyl (C=O) groups is 2. The Balaban J connectivity index is 2.32. The normalized spacial score (nSPS) is 11.8. The second kappa shape index (κ2) is 10.5. The van der Waals surface area contributed by atoms with Gasteiger partial charge in [-0.1, -0.05) is 60.5 Å². The Morgan fingerprint density at radius 3 is 2.39 bits per heavy atom. The predicted octanol–water partition coefficient (Wildman–Crippen LogP) is 4.79. The molecule has 28 heavy (non-hydrogen) atoms. The van der Waals surface area contributed by atoms with Gasteiger partial charge in [-0.25, -0.2) is 0 Å². The van der Waals surface area contributed by atoms with Gasteiger partial charge in [-0.2, -0.15) is 0 Å². The van der Waals surface area contributed by atoms with E-state index in [9.17, 15) is 9.59 Å². The summed E-state index contributed by atoms with van der Waals surface area (Å²) in [5.41, 5.74) is 2.87. The molecule has 0 saturated heterocycles. The van der Waals surface area contributed by atoms with Gasteiger partial charge in [-0.15, -0.1) is 0 Å². The molecule has 0 unspecified atom stereocenters. The zero-order valence-corrected chi connectivity index (χ0v) is 18.0. The zero-order chi connectivity index (χ0) is 20.7. The Morgan fingerprint density at radius 1 is 1.07 bits per heavy atom. The fourth-order valence-electron chi connectivity index (χ4n) is 3.11. The van der Waals surface area contributed by atoms with E-state index < -0.39 is 6.04 Å². The van der Waals surface area contributed by atoms with Crippen LogP contribution in [0.3, 0.4) is 0 Å². The van der Waals surface area contributed by atoms with Crippen LogP contribution in [0, 0.1) is 6.92 Å². The van der Waals surface area contributed by atoms with E-state index >= 15 is 0 Å². The van der Waals surface area contributed by atoms with Crippen LogP contribution in [0.5, 0.6) is 0 Å². The Bertz CT molecular complexity index is 839. The van der Waals surface area contributed by atoms with Crippen LogP contribution in [-0.2, 0) is 22.6 Å². The standard InChI is InChI=1S/C22H26Cl2N2O2/c1-4-20(22(28)25-5-2)26(14-17-9-7-6-8-15(17)3)21(27)13-16-10-11-18(23)19(24)12-16/h6-12,20H,4-5,13-14H2,1-3H3,(H,25,28)/t20-/m0/s1. The lowest BCUT2D eigenvalue weighted by atomic mass is 10.0. The zero-order valence-electron chi connectivity index (χ0n) is 16.5. The van der Waals surface area contributed by atoms with Gasteiger partial charge in [0.1, 0.15) is 6.04 Å². The second-order valence-electron chi connectivity index (χ2n) is 6.69. The summed E-state index contributed by atoms with van der Waals surface area (Å²) in [5, 5.41) is 3.70. The van der Waals surface area contributed by atoms with Crippen molar-refractivity contribution in [3.8, 4) is 0 Å². The van der Waals surface area contributed by atoms with Crippen LogP contribution in [0.15, 0.2) is 42.5 Å². The number of halogens is 2. The number of nitrogens with zero attached hydrogens (tertiary/aromatic N) is 1. The molecule has 0 radical (unpaired) electrons. The molecule has 0 spiro atoms. The smallest absolute Gasteiger partial charge is 0.242 e. The number of rotatable bonds is 8.